The van der Waals surface area contributed by atoms with Gasteiger partial charge in [0.15, 0.2) is 0 Å². The van der Waals surface area contributed by atoms with Gasteiger partial charge in [-0.25, -0.2) is 8.78 Å². The molecule has 0 radical (unpaired) electrons. The molecule has 2 aliphatic rings. The Morgan fingerprint density at radius 3 is 2.60 bits per heavy atom. The lowest BCUT2D eigenvalue weighted by Crippen LogP contribution is -2.52. The second kappa shape index (κ2) is 7.49. The van der Waals surface area contributed by atoms with Crippen LogP contribution < -0.4 is 15.5 Å². The second-order valence-electron chi connectivity index (χ2n) is 7.42. The quantitative estimate of drug-likeness (QED) is 0.661. The molecule has 2 aromatic carbocycles. The van der Waals surface area contributed by atoms with Gasteiger partial charge in [0.2, 0.25) is 11.5 Å². The Balaban J connectivity index is 1.47. The number of aliphatic hydroxyl groups is 1. The van der Waals surface area contributed by atoms with Crippen molar-refractivity contribution in [2.75, 3.05) is 16.8 Å². The highest BCUT2D eigenvalue weighted by Crippen LogP contribution is 2.32. The van der Waals surface area contributed by atoms with E-state index >= 15 is 0 Å². The number of hydrogen-bond donors (Lipinski definition) is 3. The van der Waals surface area contributed by atoms with Crippen LogP contribution in [0.15, 0.2) is 36.4 Å². The molecule has 1 fully saturated rings. The fourth-order valence-electron chi connectivity index (χ4n) is 3.74. The van der Waals surface area contributed by atoms with E-state index in [0.717, 1.165) is 17.7 Å². The number of nitrogens with zero attached hydrogens (tertiary/aromatic N) is 1. The van der Waals surface area contributed by atoms with Crippen molar-refractivity contribution in [3.63, 3.8) is 0 Å². The highest BCUT2D eigenvalue weighted by atomic mass is 19.1. The molecule has 2 heterocycles. The molecule has 2 aliphatic heterocycles. The first-order valence-corrected chi connectivity index (χ1v) is 9.47. The predicted octanol–water partition coefficient (Wildman–Crippen LogP) is 1.63. The first kappa shape index (κ1) is 20.0. The van der Waals surface area contributed by atoms with Gasteiger partial charge in [-0.05, 0) is 47.9 Å². The van der Waals surface area contributed by atoms with Crippen molar-refractivity contribution in [2.45, 2.75) is 31.4 Å². The van der Waals surface area contributed by atoms with Gasteiger partial charge in [0, 0.05) is 43.4 Å². The summed E-state index contributed by atoms with van der Waals surface area (Å²) in [5.41, 5.74) is -0.0325. The number of amides is 3. The predicted molar refractivity (Wildman–Crippen MR) is 104 cm³/mol. The fraction of sp³-hybridized carbons (Fsp3) is 0.286. The summed E-state index contributed by atoms with van der Waals surface area (Å²) >= 11 is 0. The van der Waals surface area contributed by atoms with E-state index in [2.05, 4.69) is 10.6 Å². The summed E-state index contributed by atoms with van der Waals surface area (Å²) in [5, 5.41) is 15.8. The molecule has 1 saturated heterocycles. The van der Waals surface area contributed by atoms with Gasteiger partial charge in [0.05, 0.1) is 0 Å². The Kier molecular flexibility index (Phi) is 4.98. The third kappa shape index (κ3) is 3.63. The van der Waals surface area contributed by atoms with Gasteiger partial charge in [-0.3, -0.25) is 14.4 Å². The summed E-state index contributed by atoms with van der Waals surface area (Å²) in [7, 11) is 0. The molecule has 0 saturated carbocycles. The monoisotopic (exact) mass is 415 g/mol. The van der Waals surface area contributed by atoms with Crippen LogP contribution in [0.1, 0.15) is 24.0 Å². The van der Waals surface area contributed by atoms with Gasteiger partial charge in [0.1, 0.15) is 11.6 Å². The Hall–Kier alpha value is -3.33. The third-order valence-corrected chi connectivity index (χ3v) is 5.34. The first-order chi connectivity index (χ1) is 14.3. The minimum Gasteiger partial charge on any atom is -0.372 e. The SMILES string of the molecule is O=C1CCc2cc(N3CCC(O)(C(=O)NCc4cc(F)cc(F)c4)C3=O)ccc2N1. The molecule has 7 nitrogen and oxygen atoms in total. The zero-order chi connectivity index (χ0) is 21.5. The summed E-state index contributed by atoms with van der Waals surface area (Å²) in [6, 6.07) is 7.91. The van der Waals surface area contributed by atoms with E-state index in [1.807, 2.05) is 0 Å². The average molecular weight is 415 g/mol. The van der Waals surface area contributed by atoms with E-state index in [1.165, 1.54) is 4.90 Å². The molecule has 1 atom stereocenters. The Labute approximate surface area is 170 Å². The van der Waals surface area contributed by atoms with Gasteiger partial charge in [-0.1, -0.05) is 0 Å². The molecule has 3 amide bonds. The van der Waals surface area contributed by atoms with Crippen molar-refractivity contribution in [3.05, 3.63) is 59.2 Å². The summed E-state index contributed by atoms with van der Waals surface area (Å²) < 4.78 is 26.6. The van der Waals surface area contributed by atoms with Crippen LogP contribution in [0.5, 0.6) is 0 Å². The first-order valence-electron chi connectivity index (χ1n) is 9.47. The summed E-state index contributed by atoms with van der Waals surface area (Å²) in [6.07, 6.45) is 0.756. The van der Waals surface area contributed by atoms with Gasteiger partial charge in [-0.2, -0.15) is 0 Å². The van der Waals surface area contributed by atoms with Crippen LogP contribution in [-0.2, 0) is 27.3 Å². The molecule has 0 aliphatic carbocycles. The Morgan fingerprint density at radius 1 is 1.13 bits per heavy atom. The van der Waals surface area contributed by atoms with Crippen LogP contribution in [0.4, 0.5) is 20.2 Å². The van der Waals surface area contributed by atoms with E-state index in [4.69, 9.17) is 0 Å². The van der Waals surface area contributed by atoms with Gasteiger partial charge < -0.3 is 20.6 Å². The molecular formula is C21H19F2N3O4. The maximum Gasteiger partial charge on any atom is 0.268 e. The number of nitrogens with one attached hydrogen (secondary N) is 2. The fourth-order valence-corrected chi connectivity index (χ4v) is 3.74. The van der Waals surface area contributed by atoms with Gasteiger partial charge in [0.25, 0.3) is 11.8 Å². The van der Waals surface area contributed by atoms with Crippen LogP contribution in [0, 0.1) is 11.6 Å². The van der Waals surface area contributed by atoms with Gasteiger partial charge in [-0.15, -0.1) is 0 Å². The van der Waals surface area contributed by atoms with Crippen molar-refractivity contribution in [2.24, 2.45) is 0 Å². The molecule has 156 valence electrons. The minimum atomic E-state index is -2.27. The van der Waals surface area contributed by atoms with Gasteiger partial charge >= 0.3 is 0 Å². The number of fused-ring (bicyclic) bond motifs is 1. The second-order valence-corrected chi connectivity index (χ2v) is 7.42. The Morgan fingerprint density at radius 2 is 1.87 bits per heavy atom. The zero-order valence-electron chi connectivity index (χ0n) is 15.9. The number of carbonyl (C=O) groups excluding carboxylic acids is 3. The average Bonchev–Trinajstić information content (AvgIpc) is 3.01. The van der Waals surface area contributed by atoms with Crippen LogP contribution in [0.2, 0.25) is 0 Å². The molecule has 9 heteroatoms. The number of hydrogen-bond acceptors (Lipinski definition) is 4. The normalized spacial score (nSPS) is 20.7. The molecule has 0 aromatic heterocycles. The molecule has 1 unspecified atom stereocenters. The number of halogens is 2. The van der Waals surface area contributed by atoms with E-state index in [-0.39, 0.29) is 31.0 Å². The minimum absolute atomic E-state index is 0.0725. The largest absolute Gasteiger partial charge is 0.372 e. The van der Waals surface area contributed by atoms with Crippen LogP contribution >= 0.6 is 0 Å². The number of carbonyl (C=O) groups is 3. The number of benzene rings is 2. The maximum atomic E-state index is 13.3. The lowest BCUT2D eigenvalue weighted by molar-refractivity contribution is -0.149. The smallest absolute Gasteiger partial charge is 0.268 e. The van der Waals surface area contributed by atoms with Crippen molar-refractivity contribution in [3.8, 4) is 0 Å². The lowest BCUT2D eigenvalue weighted by atomic mass is 10.0. The molecule has 0 bridgehead atoms. The van der Waals surface area contributed by atoms with E-state index in [1.54, 1.807) is 18.2 Å². The van der Waals surface area contributed by atoms with Crippen molar-refractivity contribution in [1.29, 1.82) is 0 Å². The highest BCUT2D eigenvalue weighted by molar-refractivity contribution is 6.16. The molecule has 2 aromatic rings. The number of anilines is 2. The maximum absolute atomic E-state index is 13.3. The molecule has 30 heavy (non-hydrogen) atoms. The van der Waals surface area contributed by atoms with E-state index < -0.39 is 29.0 Å². The topological polar surface area (TPSA) is 98.7 Å². The van der Waals surface area contributed by atoms with Crippen LogP contribution in [0.25, 0.3) is 0 Å². The summed E-state index contributed by atoms with van der Waals surface area (Å²) in [4.78, 5) is 38.2. The van der Waals surface area contributed by atoms with Crippen LogP contribution in [0.3, 0.4) is 0 Å². The number of aryl methyl sites for hydroxylation is 1. The molecular weight excluding hydrogens is 396 g/mol. The molecule has 4 rings (SSSR count). The third-order valence-electron chi connectivity index (χ3n) is 5.34. The zero-order valence-corrected chi connectivity index (χ0v) is 15.9. The van der Waals surface area contributed by atoms with Crippen molar-refractivity contribution < 1.29 is 28.3 Å². The lowest BCUT2D eigenvalue weighted by Gasteiger charge is -2.23. The van der Waals surface area contributed by atoms with Crippen LogP contribution in [-0.4, -0.2) is 35.0 Å². The highest BCUT2D eigenvalue weighted by Gasteiger charge is 2.51. The van der Waals surface area contributed by atoms with Crippen molar-refractivity contribution in [1.82, 2.24) is 5.32 Å². The summed E-state index contributed by atoms with van der Waals surface area (Å²) in [6.45, 7) is -0.107. The molecule has 0 spiro atoms. The van der Waals surface area contributed by atoms with E-state index in [0.29, 0.717) is 30.3 Å². The summed E-state index contributed by atoms with van der Waals surface area (Å²) in [5.74, 6) is -3.35. The Bertz CT molecular complexity index is 1040. The molecule has 3 N–H and O–H groups in total. The number of rotatable bonds is 4. The standard InChI is InChI=1S/C21H19F2N3O4/c22-14-7-12(8-15(23)10-14)11-24-19(28)21(30)5-6-26(20(21)29)16-2-3-17-13(9-16)1-4-18(27)25-17/h2-3,7-10,30H,1,4-6,11H2,(H,24,28)(H,25,27). The van der Waals surface area contributed by atoms with Crippen molar-refractivity contribution >= 4 is 29.1 Å². The van der Waals surface area contributed by atoms with E-state index in [9.17, 15) is 28.3 Å².